The molecule has 1 saturated heterocycles. The smallest absolute Gasteiger partial charge is 0.271 e. The van der Waals surface area contributed by atoms with Gasteiger partial charge in [0.05, 0.1) is 23.0 Å². The van der Waals surface area contributed by atoms with E-state index in [1.165, 1.54) is 6.07 Å². The average molecular weight is 405 g/mol. The van der Waals surface area contributed by atoms with E-state index in [0.29, 0.717) is 24.3 Å². The van der Waals surface area contributed by atoms with E-state index >= 15 is 0 Å². The van der Waals surface area contributed by atoms with Crippen molar-refractivity contribution in [2.75, 3.05) is 31.2 Å². The van der Waals surface area contributed by atoms with Crippen molar-refractivity contribution in [1.82, 2.24) is 4.72 Å². The number of aryl methyl sites for hydroxylation is 1. The molecule has 2 aromatic carbocycles. The number of nitro benzene ring substituents is 1. The van der Waals surface area contributed by atoms with Crippen LogP contribution in [0.15, 0.2) is 41.3 Å². The lowest BCUT2D eigenvalue weighted by atomic mass is 10.1. The number of non-ortho nitro benzene ring substituents is 1. The zero-order valence-electron chi connectivity index (χ0n) is 15.8. The van der Waals surface area contributed by atoms with Crippen LogP contribution in [-0.2, 0) is 21.3 Å². The SMILES string of the molecule is Cc1cc([N+](=O)[O-])cc(S(=O)(=O)NCc2ccccc2N2CCOCC2)c1C. The van der Waals surface area contributed by atoms with Crippen molar-refractivity contribution >= 4 is 21.4 Å². The van der Waals surface area contributed by atoms with Gasteiger partial charge in [0.15, 0.2) is 0 Å². The third-order valence-electron chi connectivity index (χ3n) is 4.90. The van der Waals surface area contributed by atoms with Gasteiger partial charge in [-0.15, -0.1) is 0 Å². The molecular weight excluding hydrogens is 382 g/mol. The lowest BCUT2D eigenvalue weighted by Gasteiger charge is -2.30. The molecular formula is C19H23N3O5S. The zero-order chi connectivity index (χ0) is 20.3. The highest BCUT2D eigenvalue weighted by atomic mass is 32.2. The number of nitrogens with zero attached hydrogens (tertiary/aromatic N) is 2. The predicted molar refractivity (Wildman–Crippen MR) is 106 cm³/mol. The molecule has 150 valence electrons. The van der Waals surface area contributed by atoms with Crippen molar-refractivity contribution in [1.29, 1.82) is 0 Å². The molecule has 1 aliphatic heterocycles. The lowest BCUT2D eigenvalue weighted by Crippen LogP contribution is -2.37. The molecule has 1 N–H and O–H groups in total. The summed E-state index contributed by atoms with van der Waals surface area (Å²) in [4.78, 5) is 12.6. The fourth-order valence-corrected chi connectivity index (χ4v) is 4.56. The fraction of sp³-hybridized carbons (Fsp3) is 0.368. The summed E-state index contributed by atoms with van der Waals surface area (Å²) in [5.41, 5.74) is 2.62. The maximum absolute atomic E-state index is 12.9. The summed E-state index contributed by atoms with van der Waals surface area (Å²) in [5, 5.41) is 11.1. The van der Waals surface area contributed by atoms with E-state index in [4.69, 9.17) is 4.74 Å². The number of nitro groups is 1. The van der Waals surface area contributed by atoms with Crippen LogP contribution < -0.4 is 9.62 Å². The Balaban J connectivity index is 1.86. The Labute approximate surface area is 164 Å². The highest BCUT2D eigenvalue weighted by molar-refractivity contribution is 7.89. The highest BCUT2D eigenvalue weighted by Gasteiger charge is 2.23. The number of sulfonamides is 1. The summed E-state index contributed by atoms with van der Waals surface area (Å²) in [7, 11) is -3.91. The summed E-state index contributed by atoms with van der Waals surface area (Å²) in [5.74, 6) is 0. The molecule has 0 bridgehead atoms. The van der Waals surface area contributed by atoms with Crippen molar-refractivity contribution < 1.29 is 18.1 Å². The van der Waals surface area contributed by atoms with Crippen molar-refractivity contribution in [2.24, 2.45) is 0 Å². The molecule has 0 radical (unpaired) electrons. The molecule has 0 amide bonds. The van der Waals surface area contributed by atoms with Gasteiger partial charge in [0, 0.05) is 37.5 Å². The van der Waals surface area contributed by atoms with E-state index in [9.17, 15) is 18.5 Å². The summed E-state index contributed by atoms with van der Waals surface area (Å²) in [6.45, 7) is 6.15. The van der Waals surface area contributed by atoms with Crippen molar-refractivity contribution in [2.45, 2.75) is 25.3 Å². The number of morpholine rings is 1. The molecule has 0 spiro atoms. The Morgan fingerprint density at radius 1 is 1.18 bits per heavy atom. The first-order chi connectivity index (χ1) is 13.3. The predicted octanol–water partition coefficient (Wildman–Crippen LogP) is 2.53. The fourth-order valence-electron chi connectivity index (χ4n) is 3.22. The molecule has 1 aliphatic rings. The van der Waals surface area contributed by atoms with E-state index in [2.05, 4.69) is 9.62 Å². The van der Waals surface area contributed by atoms with Gasteiger partial charge in [-0.3, -0.25) is 10.1 Å². The molecule has 8 nitrogen and oxygen atoms in total. The van der Waals surface area contributed by atoms with Gasteiger partial charge >= 0.3 is 0 Å². The van der Waals surface area contributed by atoms with Gasteiger partial charge in [-0.05, 0) is 36.6 Å². The summed E-state index contributed by atoms with van der Waals surface area (Å²) >= 11 is 0. The molecule has 1 heterocycles. The number of hydrogen-bond acceptors (Lipinski definition) is 6. The van der Waals surface area contributed by atoms with Crippen LogP contribution in [0.1, 0.15) is 16.7 Å². The second-order valence-electron chi connectivity index (χ2n) is 6.70. The van der Waals surface area contributed by atoms with Crippen LogP contribution in [0.25, 0.3) is 0 Å². The quantitative estimate of drug-likeness (QED) is 0.585. The van der Waals surface area contributed by atoms with Gasteiger partial charge in [0.1, 0.15) is 0 Å². The molecule has 0 saturated carbocycles. The van der Waals surface area contributed by atoms with E-state index in [1.807, 2.05) is 24.3 Å². The second-order valence-corrected chi connectivity index (χ2v) is 8.43. The van der Waals surface area contributed by atoms with Gasteiger partial charge in [-0.1, -0.05) is 18.2 Å². The first-order valence-electron chi connectivity index (χ1n) is 8.95. The summed E-state index contributed by atoms with van der Waals surface area (Å²) < 4.78 is 33.7. The third kappa shape index (κ3) is 4.32. The summed E-state index contributed by atoms with van der Waals surface area (Å²) in [6, 6.07) is 10.1. The van der Waals surface area contributed by atoms with Crippen LogP contribution in [0.3, 0.4) is 0 Å². The van der Waals surface area contributed by atoms with Crippen LogP contribution in [0.2, 0.25) is 0 Å². The number of para-hydroxylation sites is 1. The van der Waals surface area contributed by atoms with Gasteiger partial charge in [0.25, 0.3) is 5.69 Å². The van der Waals surface area contributed by atoms with Crippen molar-refractivity contribution in [3.63, 3.8) is 0 Å². The second kappa shape index (κ2) is 8.26. The first-order valence-corrected chi connectivity index (χ1v) is 10.4. The minimum atomic E-state index is -3.91. The van der Waals surface area contributed by atoms with Crippen molar-refractivity contribution in [3.05, 3.63) is 63.2 Å². The normalized spacial score (nSPS) is 14.9. The molecule has 2 aromatic rings. The number of hydrogen-bond donors (Lipinski definition) is 1. The molecule has 9 heteroatoms. The molecule has 0 aromatic heterocycles. The van der Waals surface area contributed by atoms with Crippen molar-refractivity contribution in [3.8, 4) is 0 Å². The molecule has 0 atom stereocenters. The Morgan fingerprint density at radius 2 is 1.86 bits per heavy atom. The number of ether oxygens (including phenoxy) is 1. The molecule has 0 aliphatic carbocycles. The molecule has 3 rings (SSSR count). The van der Waals surface area contributed by atoms with Gasteiger partial charge in [0.2, 0.25) is 10.0 Å². The Bertz CT molecular complexity index is 985. The minimum Gasteiger partial charge on any atom is -0.378 e. The Morgan fingerprint density at radius 3 is 2.54 bits per heavy atom. The molecule has 0 unspecified atom stereocenters. The topological polar surface area (TPSA) is 102 Å². The Hall–Kier alpha value is -2.49. The summed E-state index contributed by atoms with van der Waals surface area (Å²) in [6.07, 6.45) is 0. The van der Waals surface area contributed by atoms with E-state index < -0.39 is 14.9 Å². The first kappa shape index (κ1) is 20.2. The monoisotopic (exact) mass is 405 g/mol. The highest BCUT2D eigenvalue weighted by Crippen LogP contribution is 2.26. The van der Waals surface area contributed by atoms with Crippen LogP contribution in [0.4, 0.5) is 11.4 Å². The van der Waals surface area contributed by atoms with E-state index in [-0.39, 0.29) is 17.1 Å². The molecule has 28 heavy (non-hydrogen) atoms. The maximum Gasteiger partial charge on any atom is 0.271 e. The number of rotatable bonds is 6. The Kier molecular flexibility index (Phi) is 5.97. The van der Waals surface area contributed by atoms with Gasteiger partial charge in [-0.2, -0.15) is 0 Å². The van der Waals surface area contributed by atoms with Crippen LogP contribution in [0.5, 0.6) is 0 Å². The number of nitrogens with one attached hydrogen (secondary N) is 1. The third-order valence-corrected chi connectivity index (χ3v) is 6.43. The minimum absolute atomic E-state index is 0.0666. The van der Waals surface area contributed by atoms with Crippen LogP contribution in [0, 0.1) is 24.0 Å². The van der Waals surface area contributed by atoms with E-state index in [1.54, 1.807) is 13.8 Å². The zero-order valence-corrected chi connectivity index (χ0v) is 16.7. The largest absolute Gasteiger partial charge is 0.378 e. The van der Waals surface area contributed by atoms with Crippen LogP contribution >= 0.6 is 0 Å². The van der Waals surface area contributed by atoms with Gasteiger partial charge < -0.3 is 9.64 Å². The van der Waals surface area contributed by atoms with E-state index in [0.717, 1.165) is 30.4 Å². The molecule has 1 fully saturated rings. The lowest BCUT2D eigenvalue weighted by molar-refractivity contribution is -0.385. The number of benzene rings is 2. The number of anilines is 1. The van der Waals surface area contributed by atoms with Crippen LogP contribution in [-0.4, -0.2) is 39.6 Å². The van der Waals surface area contributed by atoms with Gasteiger partial charge in [-0.25, -0.2) is 13.1 Å². The standard InChI is InChI=1S/C19H23N3O5S/c1-14-11-17(22(23)24)12-19(15(14)2)28(25,26)20-13-16-5-3-4-6-18(16)21-7-9-27-10-8-21/h3-6,11-12,20H,7-10,13H2,1-2H3. The average Bonchev–Trinajstić information content (AvgIpc) is 2.69. The maximum atomic E-state index is 12.9.